The van der Waals surface area contributed by atoms with E-state index in [4.69, 9.17) is 11.6 Å². The van der Waals surface area contributed by atoms with Crippen LogP contribution in [0.2, 0.25) is 5.02 Å². The standard InChI is InChI=1S/C11H15ClN2O/c12-9-2-1-3-10(6-9)14-5-4-13-7-11(14)8-15/h1-3,6,11,13,15H,4-5,7-8H2. The van der Waals surface area contributed by atoms with Crippen LogP contribution in [0.5, 0.6) is 0 Å². The molecule has 1 heterocycles. The highest BCUT2D eigenvalue weighted by Gasteiger charge is 2.21. The number of benzene rings is 1. The van der Waals surface area contributed by atoms with Crippen molar-refractivity contribution < 1.29 is 5.11 Å². The Morgan fingerprint density at radius 2 is 2.40 bits per heavy atom. The van der Waals surface area contributed by atoms with Crippen molar-refractivity contribution in [2.24, 2.45) is 0 Å². The Kier molecular flexibility index (Phi) is 3.46. The Morgan fingerprint density at radius 1 is 1.53 bits per heavy atom. The lowest BCUT2D eigenvalue weighted by atomic mass is 10.1. The van der Waals surface area contributed by atoms with Crippen LogP contribution in [0.25, 0.3) is 0 Å². The molecule has 1 atom stereocenters. The molecule has 1 aromatic carbocycles. The molecule has 4 heteroatoms. The summed E-state index contributed by atoms with van der Waals surface area (Å²) in [5.74, 6) is 0. The summed E-state index contributed by atoms with van der Waals surface area (Å²) in [7, 11) is 0. The Hall–Kier alpha value is -0.770. The highest BCUT2D eigenvalue weighted by Crippen LogP contribution is 2.21. The lowest BCUT2D eigenvalue weighted by Gasteiger charge is -2.37. The number of hydrogen-bond donors (Lipinski definition) is 2. The topological polar surface area (TPSA) is 35.5 Å². The van der Waals surface area contributed by atoms with E-state index in [0.717, 1.165) is 30.3 Å². The molecule has 0 saturated carbocycles. The van der Waals surface area contributed by atoms with Crippen LogP contribution in [0, 0.1) is 0 Å². The van der Waals surface area contributed by atoms with E-state index < -0.39 is 0 Å². The molecule has 1 aliphatic rings. The van der Waals surface area contributed by atoms with Gasteiger partial charge >= 0.3 is 0 Å². The average molecular weight is 227 g/mol. The van der Waals surface area contributed by atoms with Crippen molar-refractivity contribution in [3.63, 3.8) is 0 Å². The summed E-state index contributed by atoms with van der Waals surface area (Å²) >= 11 is 5.95. The van der Waals surface area contributed by atoms with Crippen molar-refractivity contribution in [3.8, 4) is 0 Å². The minimum absolute atomic E-state index is 0.150. The zero-order valence-corrected chi connectivity index (χ0v) is 9.24. The Bertz CT molecular complexity index is 332. The van der Waals surface area contributed by atoms with E-state index in [-0.39, 0.29) is 12.6 Å². The Morgan fingerprint density at radius 3 is 3.13 bits per heavy atom. The molecule has 0 aliphatic carbocycles. The number of halogens is 1. The van der Waals surface area contributed by atoms with Crippen LogP contribution >= 0.6 is 11.6 Å². The van der Waals surface area contributed by atoms with Crippen LogP contribution in [-0.2, 0) is 0 Å². The van der Waals surface area contributed by atoms with Gasteiger partial charge in [0.25, 0.3) is 0 Å². The van der Waals surface area contributed by atoms with Gasteiger partial charge in [-0.1, -0.05) is 17.7 Å². The fraction of sp³-hybridized carbons (Fsp3) is 0.455. The lowest BCUT2D eigenvalue weighted by molar-refractivity contribution is 0.246. The zero-order valence-electron chi connectivity index (χ0n) is 8.49. The summed E-state index contributed by atoms with van der Waals surface area (Å²) < 4.78 is 0. The van der Waals surface area contributed by atoms with Crippen LogP contribution in [0.15, 0.2) is 24.3 Å². The van der Waals surface area contributed by atoms with Gasteiger partial charge in [-0.2, -0.15) is 0 Å². The van der Waals surface area contributed by atoms with Gasteiger partial charge in [-0.05, 0) is 18.2 Å². The maximum absolute atomic E-state index is 9.28. The molecule has 15 heavy (non-hydrogen) atoms. The Labute approximate surface area is 94.7 Å². The third-order valence-corrected chi connectivity index (χ3v) is 2.94. The predicted octanol–water partition coefficient (Wildman–Crippen LogP) is 1.11. The van der Waals surface area contributed by atoms with Crippen LogP contribution in [-0.4, -0.2) is 37.4 Å². The number of rotatable bonds is 2. The van der Waals surface area contributed by atoms with Crippen molar-refractivity contribution >= 4 is 17.3 Å². The van der Waals surface area contributed by atoms with Crippen molar-refractivity contribution in [3.05, 3.63) is 29.3 Å². The molecule has 1 saturated heterocycles. The summed E-state index contributed by atoms with van der Waals surface area (Å²) in [6.07, 6.45) is 0. The van der Waals surface area contributed by atoms with E-state index in [1.165, 1.54) is 0 Å². The van der Waals surface area contributed by atoms with Crippen LogP contribution in [0.1, 0.15) is 0 Å². The van der Waals surface area contributed by atoms with E-state index in [1.54, 1.807) is 0 Å². The van der Waals surface area contributed by atoms with Crippen molar-refractivity contribution in [2.75, 3.05) is 31.1 Å². The van der Waals surface area contributed by atoms with E-state index >= 15 is 0 Å². The molecule has 0 radical (unpaired) electrons. The normalized spacial score (nSPS) is 21.7. The average Bonchev–Trinajstić information content (AvgIpc) is 2.29. The maximum atomic E-state index is 9.28. The molecular formula is C11H15ClN2O. The first kappa shape index (κ1) is 10.7. The minimum atomic E-state index is 0.150. The summed E-state index contributed by atoms with van der Waals surface area (Å²) in [4.78, 5) is 2.20. The van der Waals surface area contributed by atoms with Gasteiger partial charge in [0.15, 0.2) is 0 Å². The molecular weight excluding hydrogens is 212 g/mol. The summed E-state index contributed by atoms with van der Waals surface area (Å²) in [6.45, 7) is 2.84. The highest BCUT2D eigenvalue weighted by atomic mass is 35.5. The minimum Gasteiger partial charge on any atom is -0.394 e. The second kappa shape index (κ2) is 4.84. The molecule has 1 unspecified atom stereocenters. The monoisotopic (exact) mass is 226 g/mol. The largest absolute Gasteiger partial charge is 0.394 e. The zero-order chi connectivity index (χ0) is 10.7. The van der Waals surface area contributed by atoms with Crippen LogP contribution < -0.4 is 10.2 Å². The molecule has 82 valence electrons. The molecule has 0 amide bonds. The molecule has 1 aromatic rings. The molecule has 1 fully saturated rings. The van der Waals surface area contributed by atoms with Crippen molar-refractivity contribution in [2.45, 2.75) is 6.04 Å². The fourth-order valence-electron chi connectivity index (χ4n) is 1.92. The van der Waals surface area contributed by atoms with Gasteiger partial charge in [-0.15, -0.1) is 0 Å². The van der Waals surface area contributed by atoms with E-state index in [0.29, 0.717) is 0 Å². The van der Waals surface area contributed by atoms with E-state index in [2.05, 4.69) is 10.2 Å². The van der Waals surface area contributed by atoms with Crippen molar-refractivity contribution in [1.29, 1.82) is 0 Å². The molecule has 2 rings (SSSR count). The van der Waals surface area contributed by atoms with Gasteiger partial charge in [-0.3, -0.25) is 0 Å². The van der Waals surface area contributed by atoms with Crippen molar-refractivity contribution in [1.82, 2.24) is 5.32 Å². The third-order valence-electron chi connectivity index (χ3n) is 2.70. The predicted molar refractivity (Wildman–Crippen MR) is 62.5 cm³/mol. The highest BCUT2D eigenvalue weighted by molar-refractivity contribution is 6.30. The SMILES string of the molecule is OCC1CNCCN1c1cccc(Cl)c1. The first-order chi connectivity index (χ1) is 7.31. The van der Waals surface area contributed by atoms with Gasteiger partial charge < -0.3 is 15.3 Å². The van der Waals surface area contributed by atoms with Gasteiger partial charge in [0.1, 0.15) is 0 Å². The number of anilines is 1. The molecule has 0 bridgehead atoms. The molecule has 0 aromatic heterocycles. The Balaban J connectivity index is 2.20. The smallest absolute Gasteiger partial charge is 0.0647 e. The third kappa shape index (κ3) is 2.43. The second-order valence-corrected chi connectivity index (χ2v) is 4.15. The van der Waals surface area contributed by atoms with Crippen LogP contribution in [0.4, 0.5) is 5.69 Å². The molecule has 3 nitrogen and oxygen atoms in total. The maximum Gasteiger partial charge on any atom is 0.0647 e. The lowest BCUT2D eigenvalue weighted by Crippen LogP contribution is -2.53. The number of piperazine rings is 1. The summed E-state index contributed by atoms with van der Waals surface area (Å²) in [5, 5.41) is 13.3. The fourth-order valence-corrected chi connectivity index (χ4v) is 2.10. The molecule has 1 aliphatic heterocycles. The molecule has 0 spiro atoms. The van der Waals surface area contributed by atoms with E-state index in [9.17, 15) is 5.11 Å². The van der Waals surface area contributed by atoms with Gasteiger partial charge in [0.05, 0.1) is 12.6 Å². The van der Waals surface area contributed by atoms with Crippen LogP contribution in [0.3, 0.4) is 0 Å². The summed E-state index contributed by atoms with van der Waals surface area (Å²) in [5.41, 5.74) is 1.09. The summed E-state index contributed by atoms with van der Waals surface area (Å²) in [6, 6.07) is 7.92. The van der Waals surface area contributed by atoms with Gasteiger partial charge in [-0.25, -0.2) is 0 Å². The second-order valence-electron chi connectivity index (χ2n) is 3.71. The quantitative estimate of drug-likeness (QED) is 0.793. The van der Waals surface area contributed by atoms with Gasteiger partial charge in [0, 0.05) is 30.3 Å². The van der Waals surface area contributed by atoms with E-state index in [1.807, 2.05) is 24.3 Å². The number of aliphatic hydroxyl groups excluding tert-OH is 1. The number of aliphatic hydroxyl groups is 1. The van der Waals surface area contributed by atoms with Gasteiger partial charge in [0.2, 0.25) is 0 Å². The number of hydrogen-bond acceptors (Lipinski definition) is 3. The first-order valence-corrected chi connectivity index (χ1v) is 5.53. The molecule has 2 N–H and O–H groups in total. The first-order valence-electron chi connectivity index (χ1n) is 5.15. The number of nitrogens with zero attached hydrogens (tertiary/aromatic N) is 1. The number of nitrogens with one attached hydrogen (secondary N) is 1.